The van der Waals surface area contributed by atoms with Crippen molar-refractivity contribution in [3.05, 3.63) is 17.0 Å². The van der Waals surface area contributed by atoms with Gasteiger partial charge in [-0.25, -0.2) is 18.7 Å². The highest BCUT2D eigenvalue weighted by Crippen LogP contribution is 2.32. The van der Waals surface area contributed by atoms with Crippen molar-refractivity contribution < 1.29 is 8.78 Å². The van der Waals surface area contributed by atoms with E-state index in [-0.39, 0.29) is 28.9 Å². The number of hydrogen-bond acceptors (Lipinski definition) is 4. The summed E-state index contributed by atoms with van der Waals surface area (Å²) in [6, 6.07) is 0. The smallest absolute Gasteiger partial charge is 0.270 e. The minimum absolute atomic E-state index is 0. The average Bonchev–Trinajstić information content (AvgIpc) is 2.29. The van der Waals surface area contributed by atoms with Gasteiger partial charge in [-0.15, -0.1) is 12.4 Å². The van der Waals surface area contributed by atoms with Crippen LogP contribution in [-0.2, 0) is 0 Å². The minimum atomic E-state index is -2.65. The summed E-state index contributed by atoms with van der Waals surface area (Å²) in [7, 11) is 0. The van der Waals surface area contributed by atoms with E-state index in [1.165, 1.54) is 6.33 Å². The fourth-order valence-corrected chi connectivity index (χ4v) is 1.89. The van der Waals surface area contributed by atoms with Crippen LogP contribution in [0, 0.1) is 0 Å². The lowest BCUT2D eigenvalue weighted by Crippen LogP contribution is -2.44. The average molecular weight is 285 g/mol. The van der Waals surface area contributed by atoms with Gasteiger partial charge < -0.3 is 10.2 Å². The molecule has 0 amide bonds. The highest BCUT2D eigenvalue weighted by atomic mass is 35.5. The van der Waals surface area contributed by atoms with Gasteiger partial charge in [-0.3, -0.25) is 0 Å². The lowest BCUT2D eigenvalue weighted by molar-refractivity contribution is 0.151. The summed E-state index contributed by atoms with van der Waals surface area (Å²) in [6.45, 7) is 2.80. The van der Waals surface area contributed by atoms with Gasteiger partial charge in [-0.2, -0.15) is 0 Å². The molecule has 1 saturated heterocycles. The third kappa shape index (κ3) is 3.14. The minimum Gasteiger partial charge on any atom is -0.354 e. The van der Waals surface area contributed by atoms with Crippen LogP contribution in [-0.4, -0.2) is 36.1 Å². The number of aromatic nitrogens is 2. The Balaban J connectivity index is 0.00000144. The molecular formula is C9H12Cl2F2N4. The molecule has 0 atom stereocenters. The number of piperazine rings is 1. The van der Waals surface area contributed by atoms with Gasteiger partial charge in [0.25, 0.3) is 6.43 Å². The molecule has 2 heterocycles. The lowest BCUT2D eigenvalue weighted by atomic mass is 10.2. The molecule has 1 aromatic heterocycles. The number of halogens is 4. The molecule has 0 aliphatic carbocycles. The molecule has 0 radical (unpaired) electrons. The molecule has 4 nitrogen and oxygen atoms in total. The molecule has 0 spiro atoms. The zero-order chi connectivity index (χ0) is 11.5. The fraction of sp³-hybridized carbons (Fsp3) is 0.556. The second kappa shape index (κ2) is 6.28. The predicted molar refractivity (Wildman–Crippen MR) is 64.3 cm³/mol. The van der Waals surface area contributed by atoms with E-state index in [1.807, 2.05) is 0 Å². The van der Waals surface area contributed by atoms with Crippen molar-refractivity contribution in [2.75, 3.05) is 31.1 Å². The monoisotopic (exact) mass is 284 g/mol. The van der Waals surface area contributed by atoms with Crippen LogP contribution in [0.5, 0.6) is 0 Å². The molecular weight excluding hydrogens is 273 g/mol. The molecule has 1 aliphatic heterocycles. The molecule has 0 unspecified atom stereocenters. The van der Waals surface area contributed by atoms with Gasteiger partial charge in [0.1, 0.15) is 17.3 Å². The quantitative estimate of drug-likeness (QED) is 0.843. The zero-order valence-corrected chi connectivity index (χ0v) is 10.4. The number of rotatable bonds is 2. The van der Waals surface area contributed by atoms with E-state index in [0.29, 0.717) is 13.1 Å². The highest BCUT2D eigenvalue weighted by molar-refractivity contribution is 6.30. The Kier molecular flexibility index (Phi) is 5.30. The van der Waals surface area contributed by atoms with Crippen molar-refractivity contribution in [1.29, 1.82) is 0 Å². The number of anilines is 1. The largest absolute Gasteiger partial charge is 0.354 e. The third-order valence-corrected chi connectivity index (χ3v) is 2.75. The summed E-state index contributed by atoms with van der Waals surface area (Å²) in [4.78, 5) is 9.29. The van der Waals surface area contributed by atoms with Crippen molar-refractivity contribution >= 4 is 29.8 Å². The molecule has 0 bridgehead atoms. The molecule has 1 fully saturated rings. The molecule has 0 aromatic carbocycles. The number of nitrogens with one attached hydrogen (secondary N) is 1. The normalized spacial score (nSPS) is 15.9. The standard InChI is InChI=1S/C9H11ClF2N4.ClH/c10-7-6(8(11)12)9(15-5-14-7)16-3-1-13-2-4-16;/h5,8,13H,1-4H2;1H. The van der Waals surface area contributed by atoms with Crippen LogP contribution in [0.1, 0.15) is 12.0 Å². The molecule has 17 heavy (non-hydrogen) atoms. The lowest BCUT2D eigenvalue weighted by Gasteiger charge is -2.29. The van der Waals surface area contributed by atoms with Crippen molar-refractivity contribution in [1.82, 2.24) is 15.3 Å². The van der Waals surface area contributed by atoms with Crippen molar-refractivity contribution in [2.24, 2.45) is 0 Å². The molecule has 1 N–H and O–H groups in total. The van der Waals surface area contributed by atoms with Crippen LogP contribution < -0.4 is 10.2 Å². The van der Waals surface area contributed by atoms with Crippen LogP contribution in [0.15, 0.2) is 6.33 Å². The molecule has 1 aliphatic rings. The predicted octanol–water partition coefficient (Wildman–Crippen LogP) is 1.90. The Labute approximate surface area is 109 Å². The van der Waals surface area contributed by atoms with Gasteiger partial charge in [-0.1, -0.05) is 11.6 Å². The molecule has 8 heteroatoms. The maximum absolute atomic E-state index is 12.8. The summed E-state index contributed by atoms with van der Waals surface area (Å²) in [5, 5.41) is 2.97. The van der Waals surface area contributed by atoms with E-state index >= 15 is 0 Å². The van der Waals surface area contributed by atoms with Gasteiger partial charge in [0.05, 0.1) is 5.56 Å². The van der Waals surface area contributed by atoms with Crippen molar-refractivity contribution in [2.45, 2.75) is 6.43 Å². The summed E-state index contributed by atoms with van der Waals surface area (Å²) < 4.78 is 25.7. The first-order valence-electron chi connectivity index (χ1n) is 4.94. The second-order valence-electron chi connectivity index (χ2n) is 3.44. The summed E-state index contributed by atoms with van der Waals surface area (Å²) >= 11 is 5.67. The van der Waals surface area contributed by atoms with Crippen LogP contribution in [0.4, 0.5) is 14.6 Å². The van der Waals surface area contributed by atoms with E-state index in [4.69, 9.17) is 11.6 Å². The first-order valence-corrected chi connectivity index (χ1v) is 5.32. The Hall–Kier alpha value is -0.720. The van der Waals surface area contributed by atoms with E-state index in [9.17, 15) is 8.78 Å². The number of nitrogens with zero attached hydrogens (tertiary/aromatic N) is 3. The van der Waals surface area contributed by atoms with E-state index in [0.717, 1.165) is 13.1 Å². The van der Waals surface area contributed by atoms with Gasteiger partial charge >= 0.3 is 0 Å². The van der Waals surface area contributed by atoms with Crippen molar-refractivity contribution in [3.8, 4) is 0 Å². The van der Waals surface area contributed by atoms with E-state index in [1.54, 1.807) is 4.90 Å². The van der Waals surface area contributed by atoms with E-state index in [2.05, 4.69) is 15.3 Å². The highest BCUT2D eigenvalue weighted by Gasteiger charge is 2.24. The molecule has 96 valence electrons. The molecule has 2 rings (SSSR count). The van der Waals surface area contributed by atoms with Crippen molar-refractivity contribution in [3.63, 3.8) is 0 Å². The van der Waals surface area contributed by atoms with Crippen LogP contribution in [0.25, 0.3) is 0 Å². The second-order valence-corrected chi connectivity index (χ2v) is 3.80. The first kappa shape index (κ1) is 14.3. The Morgan fingerprint density at radius 1 is 1.29 bits per heavy atom. The Morgan fingerprint density at radius 2 is 1.94 bits per heavy atom. The zero-order valence-electron chi connectivity index (χ0n) is 8.87. The Morgan fingerprint density at radius 3 is 2.53 bits per heavy atom. The summed E-state index contributed by atoms with van der Waals surface area (Å²) in [5.74, 6) is 0.247. The van der Waals surface area contributed by atoms with Crippen LogP contribution >= 0.6 is 24.0 Å². The number of alkyl halides is 2. The van der Waals surface area contributed by atoms with Crippen LogP contribution in [0.3, 0.4) is 0 Å². The van der Waals surface area contributed by atoms with Gasteiger partial charge in [0.2, 0.25) is 0 Å². The number of hydrogen-bond donors (Lipinski definition) is 1. The van der Waals surface area contributed by atoms with Crippen LogP contribution in [0.2, 0.25) is 5.15 Å². The summed E-state index contributed by atoms with van der Waals surface area (Å²) in [5.41, 5.74) is -0.272. The molecule has 1 aromatic rings. The topological polar surface area (TPSA) is 41.1 Å². The summed E-state index contributed by atoms with van der Waals surface area (Å²) in [6.07, 6.45) is -1.44. The maximum atomic E-state index is 12.8. The SMILES string of the molecule is Cl.FC(F)c1c(Cl)ncnc1N1CCNCC1. The van der Waals surface area contributed by atoms with E-state index < -0.39 is 6.43 Å². The third-order valence-electron chi connectivity index (χ3n) is 2.45. The Bertz CT molecular complexity index is 372. The first-order chi connectivity index (χ1) is 7.70. The van der Waals surface area contributed by atoms with Gasteiger partial charge in [0, 0.05) is 26.2 Å². The maximum Gasteiger partial charge on any atom is 0.270 e. The van der Waals surface area contributed by atoms with Gasteiger partial charge in [-0.05, 0) is 0 Å². The van der Waals surface area contributed by atoms with Gasteiger partial charge in [0.15, 0.2) is 0 Å². The fourth-order valence-electron chi connectivity index (χ4n) is 1.68. The molecule has 0 saturated carbocycles.